The molecule has 6 nitrogen and oxygen atoms in total. The van der Waals surface area contributed by atoms with Crippen molar-refractivity contribution in [2.75, 3.05) is 10.6 Å². The molecule has 0 bridgehead atoms. The van der Waals surface area contributed by atoms with E-state index in [4.69, 9.17) is 28.3 Å². The van der Waals surface area contributed by atoms with Gasteiger partial charge in [-0.25, -0.2) is 14.1 Å². The Labute approximate surface area is 136 Å². The molecule has 112 valence electrons. The number of carbonyl (C=O) groups excluding carboxylic acids is 1. The van der Waals surface area contributed by atoms with Crippen molar-refractivity contribution in [3.05, 3.63) is 33.6 Å². The molecule has 1 aromatic heterocycles. The van der Waals surface area contributed by atoms with E-state index in [1.54, 1.807) is 18.2 Å². The Morgan fingerprint density at radius 3 is 2.57 bits per heavy atom. The van der Waals surface area contributed by atoms with E-state index < -0.39 is 17.0 Å². The van der Waals surface area contributed by atoms with E-state index in [0.29, 0.717) is 10.7 Å². The van der Waals surface area contributed by atoms with Crippen LogP contribution in [-0.2, 0) is 11.0 Å². The van der Waals surface area contributed by atoms with Gasteiger partial charge in [-0.1, -0.05) is 29.3 Å². The summed E-state index contributed by atoms with van der Waals surface area (Å²) in [7, 11) is -1.82. The molecule has 0 fully saturated rings. The van der Waals surface area contributed by atoms with Crippen LogP contribution in [0.4, 0.5) is 16.2 Å². The minimum absolute atomic E-state index is 0.0751. The summed E-state index contributed by atoms with van der Waals surface area (Å²) in [5, 5.41) is 21.8. The number of thiophene rings is 1. The van der Waals surface area contributed by atoms with Gasteiger partial charge < -0.3 is 15.7 Å². The van der Waals surface area contributed by atoms with Crippen molar-refractivity contribution in [1.82, 2.24) is 0 Å². The number of benzene rings is 1. The minimum Gasteiger partial charge on any atom is -0.504 e. The van der Waals surface area contributed by atoms with Crippen molar-refractivity contribution in [3.63, 3.8) is 0 Å². The first kappa shape index (κ1) is 16.1. The molecule has 21 heavy (non-hydrogen) atoms. The number of amides is 2. The van der Waals surface area contributed by atoms with E-state index in [0.717, 1.165) is 11.3 Å². The summed E-state index contributed by atoms with van der Waals surface area (Å²) in [4.78, 5) is 11.8. The SMILES string of the molecule is NS(=O)c1scc(NC(=O)Nc2cccc(Cl)c2Cl)c1O. The summed E-state index contributed by atoms with van der Waals surface area (Å²) in [6, 6.07) is 4.14. The van der Waals surface area contributed by atoms with Crippen LogP contribution >= 0.6 is 34.5 Å². The number of rotatable bonds is 3. The molecule has 0 spiro atoms. The summed E-state index contributed by atoms with van der Waals surface area (Å²) < 4.78 is 11.2. The largest absolute Gasteiger partial charge is 0.504 e. The highest BCUT2D eigenvalue weighted by Gasteiger charge is 2.16. The first-order valence-electron chi connectivity index (χ1n) is 5.38. The number of nitrogens with one attached hydrogen (secondary N) is 2. The highest BCUT2D eigenvalue weighted by atomic mass is 35.5. The van der Waals surface area contributed by atoms with Gasteiger partial charge in [-0.15, -0.1) is 11.3 Å². The fraction of sp³-hybridized carbons (Fsp3) is 0. The van der Waals surface area contributed by atoms with Crippen molar-refractivity contribution < 1.29 is 14.1 Å². The van der Waals surface area contributed by atoms with Gasteiger partial charge in [0.2, 0.25) is 0 Å². The third-order valence-electron chi connectivity index (χ3n) is 2.36. The predicted molar refractivity (Wildman–Crippen MR) is 85.7 cm³/mol. The summed E-state index contributed by atoms with van der Waals surface area (Å²) >= 11 is 12.7. The molecule has 0 saturated carbocycles. The lowest BCUT2D eigenvalue weighted by molar-refractivity contribution is 0.262. The molecule has 1 unspecified atom stereocenters. The Balaban J connectivity index is 2.12. The molecule has 10 heteroatoms. The first-order valence-corrected chi connectivity index (χ1v) is 8.23. The van der Waals surface area contributed by atoms with Gasteiger partial charge in [0.15, 0.2) is 9.96 Å². The summed E-state index contributed by atoms with van der Waals surface area (Å²) in [5.74, 6) is -0.326. The maximum Gasteiger partial charge on any atom is 0.323 e. The van der Waals surface area contributed by atoms with Crippen LogP contribution in [0.25, 0.3) is 0 Å². The van der Waals surface area contributed by atoms with Crippen LogP contribution in [0.1, 0.15) is 0 Å². The van der Waals surface area contributed by atoms with Gasteiger partial charge in [-0.3, -0.25) is 0 Å². The van der Waals surface area contributed by atoms with E-state index in [1.165, 1.54) is 5.38 Å². The molecule has 0 saturated heterocycles. The highest BCUT2D eigenvalue weighted by molar-refractivity contribution is 7.85. The van der Waals surface area contributed by atoms with Crippen molar-refractivity contribution >= 4 is 62.9 Å². The first-order chi connectivity index (χ1) is 9.90. The smallest absolute Gasteiger partial charge is 0.323 e. The Hall–Kier alpha value is -1.32. The van der Waals surface area contributed by atoms with Gasteiger partial charge in [-0.05, 0) is 12.1 Å². The van der Waals surface area contributed by atoms with Gasteiger partial charge in [0.1, 0.15) is 11.0 Å². The van der Waals surface area contributed by atoms with Crippen LogP contribution in [0.2, 0.25) is 10.0 Å². The molecule has 1 atom stereocenters. The molecule has 0 radical (unpaired) electrons. The number of nitrogens with two attached hydrogens (primary N) is 1. The second kappa shape index (κ2) is 6.63. The quantitative estimate of drug-likeness (QED) is 0.669. The van der Waals surface area contributed by atoms with E-state index in [2.05, 4.69) is 10.6 Å². The second-order valence-electron chi connectivity index (χ2n) is 3.76. The topological polar surface area (TPSA) is 104 Å². The zero-order valence-electron chi connectivity index (χ0n) is 10.2. The molecule has 0 aliphatic carbocycles. The number of aromatic hydroxyl groups is 1. The monoisotopic (exact) mass is 365 g/mol. The van der Waals surface area contributed by atoms with Crippen LogP contribution in [0.5, 0.6) is 5.75 Å². The Morgan fingerprint density at radius 1 is 1.29 bits per heavy atom. The Morgan fingerprint density at radius 2 is 1.95 bits per heavy atom. The number of carbonyl (C=O) groups is 1. The average Bonchev–Trinajstić information content (AvgIpc) is 2.77. The fourth-order valence-electron chi connectivity index (χ4n) is 1.44. The Bertz CT molecular complexity index is 721. The zero-order valence-corrected chi connectivity index (χ0v) is 13.4. The summed E-state index contributed by atoms with van der Waals surface area (Å²) in [5.41, 5.74) is 0.420. The lowest BCUT2D eigenvalue weighted by atomic mass is 10.3. The number of anilines is 2. The number of hydrogen-bond donors (Lipinski definition) is 4. The molecule has 1 aromatic carbocycles. The van der Waals surface area contributed by atoms with Crippen molar-refractivity contribution in [2.24, 2.45) is 5.14 Å². The molecule has 2 aromatic rings. The van der Waals surface area contributed by atoms with Crippen LogP contribution < -0.4 is 15.8 Å². The normalized spacial score (nSPS) is 12.0. The van der Waals surface area contributed by atoms with Gasteiger partial charge in [0.25, 0.3) is 0 Å². The molecule has 0 aliphatic rings. The van der Waals surface area contributed by atoms with Crippen molar-refractivity contribution in [3.8, 4) is 5.75 Å². The molecular weight excluding hydrogens is 357 g/mol. The summed E-state index contributed by atoms with van der Waals surface area (Å²) in [6.45, 7) is 0. The zero-order chi connectivity index (χ0) is 15.6. The second-order valence-corrected chi connectivity index (χ2v) is 6.69. The van der Waals surface area contributed by atoms with Gasteiger partial charge in [0.05, 0.1) is 21.4 Å². The van der Waals surface area contributed by atoms with Crippen molar-refractivity contribution in [1.29, 1.82) is 0 Å². The predicted octanol–water partition coefficient (Wildman–Crippen LogP) is 3.39. The number of urea groups is 1. The number of hydrogen-bond acceptors (Lipinski definition) is 4. The standard InChI is InChI=1S/C11H9Cl2N3O3S2/c12-5-2-1-3-6(8(5)13)15-11(18)16-7-4-20-10(9(7)17)21(14)19/h1-4,17H,14H2,(H2,15,16,18). The van der Waals surface area contributed by atoms with Gasteiger partial charge in [0, 0.05) is 5.38 Å². The average molecular weight is 366 g/mol. The lowest BCUT2D eigenvalue weighted by Gasteiger charge is -2.09. The van der Waals surface area contributed by atoms with Crippen LogP contribution in [-0.4, -0.2) is 15.3 Å². The molecule has 2 rings (SSSR count). The third-order valence-corrected chi connectivity index (χ3v) is 5.28. The lowest BCUT2D eigenvalue weighted by Crippen LogP contribution is -2.19. The minimum atomic E-state index is -1.82. The number of halogens is 2. The Kier molecular flexibility index (Phi) is 5.07. The van der Waals surface area contributed by atoms with E-state index in [-0.39, 0.29) is 20.7 Å². The van der Waals surface area contributed by atoms with Crippen LogP contribution in [0, 0.1) is 0 Å². The summed E-state index contributed by atoms with van der Waals surface area (Å²) in [6.07, 6.45) is 0. The molecule has 2 amide bonds. The maximum absolute atomic E-state index is 11.8. The van der Waals surface area contributed by atoms with Crippen LogP contribution in [0.3, 0.4) is 0 Å². The maximum atomic E-state index is 11.8. The fourth-order valence-corrected chi connectivity index (χ4v) is 3.23. The molecule has 0 aliphatic heterocycles. The third kappa shape index (κ3) is 3.66. The molecule has 1 heterocycles. The van der Waals surface area contributed by atoms with E-state index >= 15 is 0 Å². The van der Waals surface area contributed by atoms with Gasteiger partial charge in [-0.2, -0.15) is 0 Å². The molecule has 5 N–H and O–H groups in total. The highest BCUT2D eigenvalue weighted by Crippen LogP contribution is 2.36. The van der Waals surface area contributed by atoms with E-state index in [1.807, 2.05) is 0 Å². The van der Waals surface area contributed by atoms with E-state index in [9.17, 15) is 14.1 Å². The molecular formula is C11H9Cl2N3O3S2. The van der Waals surface area contributed by atoms with Crippen LogP contribution in [0.15, 0.2) is 27.8 Å². The van der Waals surface area contributed by atoms with Gasteiger partial charge >= 0.3 is 6.03 Å². The van der Waals surface area contributed by atoms with Crippen molar-refractivity contribution in [2.45, 2.75) is 4.21 Å².